The molecule has 0 unspecified atom stereocenters. The van der Waals surface area contributed by atoms with Gasteiger partial charge in [-0.1, -0.05) is 0 Å². The molecule has 1 heterocycles. The minimum atomic E-state index is -1.49. The Morgan fingerprint density at radius 2 is 1.74 bits per heavy atom. The van der Waals surface area contributed by atoms with Crippen LogP contribution in [0.15, 0.2) is 51.7 Å². The molecule has 0 N–H and O–H groups in total. The number of hydrogen-bond donors (Lipinski definition) is 0. The van der Waals surface area contributed by atoms with E-state index in [1.54, 1.807) is 6.07 Å². The smallest absolute Gasteiger partial charge is 0.397 e. The molecule has 8 heteroatoms. The second-order valence-corrected chi connectivity index (χ2v) is 8.77. The van der Waals surface area contributed by atoms with E-state index in [4.69, 9.17) is 33.9 Å². The highest BCUT2D eigenvalue weighted by Gasteiger charge is 2.15. The van der Waals surface area contributed by atoms with Gasteiger partial charge in [-0.05, 0) is 63.4 Å². The van der Waals surface area contributed by atoms with E-state index in [-0.39, 0.29) is 12.2 Å². The highest BCUT2D eigenvalue weighted by molar-refractivity contribution is 7.42. The maximum Gasteiger partial charge on any atom is 0.397 e. The zero-order chi connectivity index (χ0) is 25.0. The van der Waals surface area contributed by atoms with Crippen molar-refractivity contribution in [2.45, 2.75) is 46.6 Å². The van der Waals surface area contributed by atoms with Crippen molar-refractivity contribution >= 4 is 19.6 Å². The summed E-state index contributed by atoms with van der Waals surface area (Å²) in [6, 6.07) is 12.5. The quantitative estimate of drug-likeness (QED) is 0.108. The third-order valence-corrected chi connectivity index (χ3v) is 6.28. The Kier molecular flexibility index (Phi) is 10.4. The Balaban J connectivity index is 1.76. The number of hydrogen-bond acceptors (Lipinski definition) is 7. The molecule has 0 radical (unpaired) electrons. The van der Waals surface area contributed by atoms with Crippen LogP contribution in [0.5, 0.6) is 17.2 Å². The molecule has 0 bridgehead atoms. The highest BCUT2D eigenvalue weighted by atomic mass is 31.2. The van der Waals surface area contributed by atoms with E-state index in [9.17, 15) is 4.79 Å². The molecule has 186 valence electrons. The Hall–Kier alpha value is -3.04. The summed E-state index contributed by atoms with van der Waals surface area (Å²) < 4.78 is 34.4. The number of rotatable bonds is 14. The minimum absolute atomic E-state index is 0.257. The van der Waals surface area contributed by atoms with Crippen LogP contribution in [0, 0.1) is 19.3 Å². The largest absolute Gasteiger partial charge is 0.493 e. The Bertz CT molecular complexity index is 1190. The molecule has 0 fully saturated rings. The Morgan fingerprint density at radius 1 is 0.971 bits per heavy atom. The third kappa shape index (κ3) is 8.00. The summed E-state index contributed by atoms with van der Waals surface area (Å²) in [7, 11) is -1.49. The van der Waals surface area contributed by atoms with Crippen LogP contribution in [-0.2, 0) is 15.7 Å². The fourth-order valence-corrected chi connectivity index (χ4v) is 4.19. The summed E-state index contributed by atoms with van der Waals surface area (Å²) in [5, 5.41) is 0.870. The standard InChI is InChI=1S/C27H31O7P/c1-5-8-9-10-15-29-25-18-23(34-35(31-6-2)32-7-3)12-11-21(25)19-30-22-13-14-24-20(4)16-27(28)33-26(24)17-22/h1,11-14,16-18H,6-10,15,19H2,2-4H3. The Labute approximate surface area is 207 Å². The lowest BCUT2D eigenvalue weighted by molar-refractivity contribution is 0.220. The maximum atomic E-state index is 11.7. The number of aryl methyl sites for hydroxylation is 1. The van der Waals surface area contributed by atoms with E-state index in [0.717, 1.165) is 29.4 Å². The van der Waals surface area contributed by atoms with Crippen molar-refractivity contribution in [1.29, 1.82) is 0 Å². The second kappa shape index (κ2) is 13.7. The zero-order valence-corrected chi connectivity index (χ0v) is 21.3. The number of terminal acetylenes is 1. The molecule has 0 amide bonds. The van der Waals surface area contributed by atoms with Gasteiger partial charge >= 0.3 is 14.2 Å². The average molecular weight is 499 g/mol. The first-order valence-corrected chi connectivity index (χ1v) is 12.7. The van der Waals surface area contributed by atoms with Crippen LogP contribution in [-0.4, -0.2) is 19.8 Å². The van der Waals surface area contributed by atoms with Crippen molar-refractivity contribution in [3.63, 3.8) is 0 Å². The van der Waals surface area contributed by atoms with E-state index in [1.165, 1.54) is 6.07 Å². The van der Waals surface area contributed by atoms with Crippen molar-refractivity contribution in [2.75, 3.05) is 19.8 Å². The lowest BCUT2D eigenvalue weighted by Gasteiger charge is -2.18. The second-order valence-electron chi connectivity index (χ2n) is 7.62. The van der Waals surface area contributed by atoms with Gasteiger partial charge in [0.15, 0.2) is 0 Å². The maximum absolute atomic E-state index is 11.7. The van der Waals surface area contributed by atoms with Crippen LogP contribution in [0.2, 0.25) is 0 Å². The van der Waals surface area contributed by atoms with Crippen LogP contribution in [0.3, 0.4) is 0 Å². The van der Waals surface area contributed by atoms with Crippen molar-refractivity contribution in [2.24, 2.45) is 0 Å². The summed E-state index contributed by atoms with van der Waals surface area (Å²) in [4.78, 5) is 11.7. The van der Waals surface area contributed by atoms with Gasteiger partial charge in [0, 0.05) is 35.6 Å². The lowest BCUT2D eigenvalue weighted by atomic mass is 10.1. The molecule has 0 aliphatic heterocycles. The zero-order valence-electron chi connectivity index (χ0n) is 20.4. The Morgan fingerprint density at radius 3 is 2.49 bits per heavy atom. The predicted molar refractivity (Wildman–Crippen MR) is 137 cm³/mol. The van der Waals surface area contributed by atoms with E-state index >= 15 is 0 Å². The normalized spacial score (nSPS) is 10.9. The summed E-state index contributed by atoms with van der Waals surface area (Å²) in [5.74, 6) is 4.46. The van der Waals surface area contributed by atoms with Gasteiger partial charge in [0.25, 0.3) is 0 Å². The molecule has 0 spiro atoms. The number of benzene rings is 2. The molecule has 3 rings (SSSR count). The molecule has 3 aromatic rings. The van der Waals surface area contributed by atoms with Crippen LogP contribution in [0.25, 0.3) is 11.0 Å². The topological polar surface area (TPSA) is 76.4 Å². The van der Waals surface area contributed by atoms with Gasteiger partial charge in [0.1, 0.15) is 29.4 Å². The van der Waals surface area contributed by atoms with Crippen LogP contribution in [0.4, 0.5) is 0 Å². The first kappa shape index (κ1) is 26.6. The summed E-state index contributed by atoms with van der Waals surface area (Å²) in [6.07, 6.45) is 7.78. The average Bonchev–Trinajstić information content (AvgIpc) is 2.83. The van der Waals surface area contributed by atoms with Crippen LogP contribution < -0.4 is 19.6 Å². The van der Waals surface area contributed by atoms with Crippen LogP contribution in [0.1, 0.15) is 44.2 Å². The molecular weight excluding hydrogens is 467 g/mol. The van der Waals surface area contributed by atoms with Gasteiger partial charge < -0.3 is 27.5 Å². The van der Waals surface area contributed by atoms with Gasteiger partial charge in [0.2, 0.25) is 0 Å². The molecule has 0 aliphatic carbocycles. The first-order chi connectivity index (χ1) is 17.0. The predicted octanol–water partition coefficient (Wildman–Crippen LogP) is 6.54. The van der Waals surface area contributed by atoms with Gasteiger partial charge in [-0.2, -0.15) is 0 Å². The number of fused-ring (bicyclic) bond motifs is 1. The molecule has 1 aromatic heterocycles. The van der Waals surface area contributed by atoms with Gasteiger partial charge in [-0.3, -0.25) is 0 Å². The minimum Gasteiger partial charge on any atom is -0.493 e. The monoisotopic (exact) mass is 498 g/mol. The molecule has 0 atom stereocenters. The lowest BCUT2D eigenvalue weighted by Crippen LogP contribution is -2.04. The summed E-state index contributed by atoms with van der Waals surface area (Å²) in [5.41, 5.74) is 1.80. The van der Waals surface area contributed by atoms with E-state index in [0.29, 0.717) is 49.1 Å². The SMILES string of the molecule is C#CCCCCOc1cc(OP(OCC)OCC)ccc1COc1ccc2c(C)cc(=O)oc2c1. The van der Waals surface area contributed by atoms with Crippen molar-refractivity contribution in [3.8, 4) is 29.6 Å². The van der Waals surface area contributed by atoms with E-state index in [2.05, 4.69) is 5.92 Å². The van der Waals surface area contributed by atoms with Gasteiger partial charge in [0.05, 0.1) is 19.8 Å². The molecule has 35 heavy (non-hydrogen) atoms. The van der Waals surface area contributed by atoms with Gasteiger partial charge in [-0.25, -0.2) is 4.79 Å². The van der Waals surface area contributed by atoms with Gasteiger partial charge in [-0.15, -0.1) is 12.3 Å². The third-order valence-electron chi connectivity index (χ3n) is 4.98. The first-order valence-electron chi connectivity index (χ1n) is 11.6. The summed E-state index contributed by atoms with van der Waals surface area (Å²) in [6.45, 7) is 7.41. The molecular formula is C27H31O7P. The highest BCUT2D eigenvalue weighted by Crippen LogP contribution is 2.41. The molecule has 2 aromatic carbocycles. The summed E-state index contributed by atoms with van der Waals surface area (Å²) >= 11 is 0. The fraction of sp³-hybridized carbons (Fsp3) is 0.370. The molecule has 7 nitrogen and oxygen atoms in total. The molecule has 0 saturated heterocycles. The number of ether oxygens (including phenoxy) is 2. The van der Waals surface area contributed by atoms with Crippen molar-refractivity contribution in [3.05, 3.63) is 64.0 Å². The van der Waals surface area contributed by atoms with Crippen LogP contribution >= 0.6 is 8.60 Å². The molecule has 0 saturated carbocycles. The van der Waals surface area contributed by atoms with Crippen molar-refractivity contribution < 1.29 is 27.5 Å². The van der Waals surface area contributed by atoms with Crippen molar-refractivity contribution in [1.82, 2.24) is 0 Å². The molecule has 0 aliphatic rings. The van der Waals surface area contributed by atoms with E-state index in [1.807, 2.05) is 51.1 Å². The number of unbranched alkanes of at least 4 members (excludes halogenated alkanes) is 2. The fourth-order valence-electron chi connectivity index (χ4n) is 3.30. The van der Waals surface area contributed by atoms with E-state index < -0.39 is 8.60 Å².